The zero-order valence-electron chi connectivity index (χ0n) is 12.4. The Bertz CT molecular complexity index is 266. The summed E-state index contributed by atoms with van der Waals surface area (Å²) in [5.41, 5.74) is 0.184. The van der Waals surface area contributed by atoms with Crippen LogP contribution in [0.1, 0.15) is 53.4 Å². The minimum absolute atomic E-state index is 0.184. The van der Waals surface area contributed by atoms with Gasteiger partial charge in [0.25, 0.3) is 0 Å². The Balaban J connectivity index is 1.92. The molecule has 18 heavy (non-hydrogen) atoms. The van der Waals surface area contributed by atoms with E-state index in [2.05, 4.69) is 45.2 Å². The Morgan fingerprint density at radius 2 is 1.78 bits per heavy atom. The largest absolute Gasteiger partial charge is 0.372 e. The topological polar surface area (TPSA) is 12.5 Å². The van der Waals surface area contributed by atoms with Gasteiger partial charge in [-0.1, -0.05) is 6.92 Å². The lowest BCUT2D eigenvalue weighted by Gasteiger charge is -2.49. The lowest BCUT2D eigenvalue weighted by atomic mass is 9.78. The molecule has 0 aromatic rings. The molecule has 0 amide bonds. The van der Waals surface area contributed by atoms with Gasteiger partial charge in [0, 0.05) is 24.4 Å². The molecule has 3 atom stereocenters. The zero-order valence-corrected chi connectivity index (χ0v) is 13.2. The summed E-state index contributed by atoms with van der Waals surface area (Å²) in [4.78, 5) is 2.58. The van der Waals surface area contributed by atoms with Crippen LogP contribution in [0, 0.1) is 5.92 Å². The summed E-state index contributed by atoms with van der Waals surface area (Å²) in [6, 6.07) is 0.675. The van der Waals surface area contributed by atoms with E-state index in [-0.39, 0.29) is 5.60 Å². The van der Waals surface area contributed by atoms with Crippen LogP contribution in [0.4, 0.5) is 0 Å². The predicted octanol–water partition coefficient (Wildman–Crippen LogP) is 3.36. The third kappa shape index (κ3) is 3.05. The van der Waals surface area contributed by atoms with E-state index in [4.69, 9.17) is 4.74 Å². The highest BCUT2D eigenvalue weighted by atomic mass is 32.1. The molecule has 3 unspecified atom stereocenters. The lowest BCUT2D eigenvalue weighted by molar-refractivity contribution is -0.169. The van der Waals surface area contributed by atoms with Gasteiger partial charge in [-0.25, -0.2) is 0 Å². The summed E-state index contributed by atoms with van der Waals surface area (Å²) in [6.07, 6.45) is 5.32. The first-order valence-corrected chi connectivity index (χ1v) is 8.05. The van der Waals surface area contributed by atoms with Crippen molar-refractivity contribution in [3.05, 3.63) is 0 Å². The molecule has 2 rings (SSSR count). The average Bonchev–Trinajstić information content (AvgIpc) is 2.29. The molecule has 3 heteroatoms. The normalized spacial score (nSPS) is 35.0. The number of rotatable bonds is 2. The van der Waals surface area contributed by atoms with Crippen molar-refractivity contribution in [3.63, 3.8) is 0 Å². The van der Waals surface area contributed by atoms with Crippen molar-refractivity contribution in [1.29, 1.82) is 0 Å². The molecule has 0 bridgehead atoms. The molecule has 106 valence electrons. The Kier molecular flexibility index (Phi) is 4.66. The molecule has 2 nitrogen and oxygen atoms in total. The van der Waals surface area contributed by atoms with Crippen LogP contribution >= 0.6 is 12.6 Å². The van der Waals surface area contributed by atoms with E-state index < -0.39 is 0 Å². The number of thiol groups is 1. The van der Waals surface area contributed by atoms with E-state index in [0.717, 1.165) is 0 Å². The Labute approximate surface area is 118 Å². The summed E-state index contributed by atoms with van der Waals surface area (Å²) in [5.74, 6) is 0.627. The molecule has 1 spiro atoms. The van der Waals surface area contributed by atoms with Crippen molar-refractivity contribution in [3.8, 4) is 0 Å². The standard InChI is InChI=1S/C15H29NOS/c1-11(2)16-9-7-15(8-10-16)6-5-14(13(4)18)12(3)17-15/h11-14,18H,5-10H2,1-4H3. The maximum absolute atomic E-state index is 6.44. The molecule has 0 aromatic carbocycles. The maximum Gasteiger partial charge on any atom is 0.0710 e. The smallest absolute Gasteiger partial charge is 0.0710 e. The third-order valence-electron chi connectivity index (χ3n) is 5.03. The highest BCUT2D eigenvalue weighted by molar-refractivity contribution is 7.80. The van der Waals surface area contributed by atoms with E-state index in [1.807, 2.05) is 0 Å². The molecule has 0 N–H and O–H groups in total. The van der Waals surface area contributed by atoms with Gasteiger partial charge in [-0.2, -0.15) is 12.6 Å². The Hall–Kier alpha value is 0.270. The third-order valence-corrected chi connectivity index (χ3v) is 5.41. The van der Waals surface area contributed by atoms with Crippen molar-refractivity contribution >= 4 is 12.6 Å². The predicted molar refractivity (Wildman–Crippen MR) is 80.4 cm³/mol. The molecule has 2 heterocycles. The van der Waals surface area contributed by atoms with Crippen LogP contribution in [0.3, 0.4) is 0 Å². The van der Waals surface area contributed by atoms with Gasteiger partial charge in [0.05, 0.1) is 11.7 Å². The number of likely N-dealkylation sites (tertiary alicyclic amines) is 1. The van der Waals surface area contributed by atoms with Crippen LogP contribution < -0.4 is 0 Å². The molecule has 0 aliphatic carbocycles. The van der Waals surface area contributed by atoms with Gasteiger partial charge in [-0.3, -0.25) is 0 Å². The van der Waals surface area contributed by atoms with E-state index in [0.29, 0.717) is 23.3 Å². The maximum atomic E-state index is 6.44. The van der Waals surface area contributed by atoms with Gasteiger partial charge in [0.2, 0.25) is 0 Å². The first-order valence-electron chi connectivity index (χ1n) is 7.53. The minimum Gasteiger partial charge on any atom is -0.372 e. The van der Waals surface area contributed by atoms with E-state index in [9.17, 15) is 0 Å². The second-order valence-electron chi connectivity index (χ2n) is 6.58. The Morgan fingerprint density at radius 3 is 2.22 bits per heavy atom. The number of hydrogen-bond acceptors (Lipinski definition) is 3. The highest BCUT2D eigenvalue weighted by Gasteiger charge is 2.43. The summed E-state index contributed by atoms with van der Waals surface area (Å²) in [7, 11) is 0. The molecule has 2 aliphatic rings. The SMILES string of the molecule is CC(S)C1CCC2(CCN(C(C)C)CC2)OC1C. The van der Waals surface area contributed by atoms with Crippen molar-refractivity contribution < 1.29 is 4.74 Å². The van der Waals surface area contributed by atoms with Crippen LogP contribution in [0.5, 0.6) is 0 Å². The second-order valence-corrected chi connectivity index (χ2v) is 7.39. The molecule has 0 radical (unpaired) electrons. The molecule has 2 fully saturated rings. The average molecular weight is 271 g/mol. The van der Waals surface area contributed by atoms with E-state index in [1.165, 1.54) is 38.8 Å². The van der Waals surface area contributed by atoms with Crippen molar-refractivity contribution in [2.75, 3.05) is 13.1 Å². The monoisotopic (exact) mass is 271 g/mol. The van der Waals surface area contributed by atoms with Crippen LogP contribution in [-0.4, -0.2) is 41.0 Å². The molecule has 0 aromatic heterocycles. The number of hydrogen-bond donors (Lipinski definition) is 1. The lowest BCUT2D eigenvalue weighted by Crippen LogP contribution is -2.53. The van der Waals surface area contributed by atoms with Gasteiger partial charge in [-0.15, -0.1) is 0 Å². The van der Waals surface area contributed by atoms with Crippen LogP contribution in [-0.2, 0) is 4.74 Å². The van der Waals surface area contributed by atoms with Gasteiger partial charge >= 0.3 is 0 Å². The zero-order chi connectivity index (χ0) is 13.3. The van der Waals surface area contributed by atoms with E-state index in [1.54, 1.807) is 0 Å². The summed E-state index contributed by atoms with van der Waals surface area (Å²) in [6.45, 7) is 11.4. The van der Waals surface area contributed by atoms with Gasteiger partial charge in [-0.05, 0) is 52.4 Å². The second kappa shape index (κ2) is 5.72. The number of piperidine rings is 1. The summed E-state index contributed by atoms with van der Waals surface area (Å²) in [5, 5.41) is 0.452. The van der Waals surface area contributed by atoms with Gasteiger partial charge in [0.15, 0.2) is 0 Å². The van der Waals surface area contributed by atoms with Gasteiger partial charge < -0.3 is 9.64 Å². The molecule has 0 saturated carbocycles. The molecular weight excluding hydrogens is 242 g/mol. The highest BCUT2D eigenvalue weighted by Crippen LogP contribution is 2.41. The molecular formula is C15H29NOS. The summed E-state index contributed by atoms with van der Waals surface area (Å²) < 4.78 is 6.44. The van der Waals surface area contributed by atoms with Crippen molar-refractivity contribution in [2.24, 2.45) is 5.92 Å². The van der Waals surface area contributed by atoms with E-state index >= 15 is 0 Å². The minimum atomic E-state index is 0.184. The fourth-order valence-electron chi connectivity index (χ4n) is 3.65. The quantitative estimate of drug-likeness (QED) is 0.773. The Morgan fingerprint density at radius 1 is 1.17 bits per heavy atom. The van der Waals surface area contributed by atoms with Crippen LogP contribution in [0.15, 0.2) is 0 Å². The fourth-order valence-corrected chi connectivity index (χ4v) is 4.05. The van der Waals surface area contributed by atoms with Crippen LogP contribution in [0.25, 0.3) is 0 Å². The first-order chi connectivity index (χ1) is 8.43. The van der Waals surface area contributed by atoms with Crippen molar-refractivity contribution in [2.45, 2.75) is 76.4 Å². The number of nitrogens with zero attached hydrogens (tertiary/aromatic N) is 1. The van der Waals surface area contributed by atoms with Crippen molar-refractivity contribution in [1.82, 2.24) is 4.90 Å². The van der Waals surface area contributed by atoms with Gasteiger partial charge in [0.1, 0.15) is 0 Å². The first kappa shape index (κ1) is 14.7. The number of ether oxygens (including phenoxy) is 1. The molecule has 2 aliphatic heterocycles. The molecule has 2 saturated heterocycles. The fraction of sp³-hybridized carbons (Fsp3) is 1.00. The summed E-state index contributed by atoms with van der Waals surface area (Å²) >= 11 is 4.61. The van der Waals surface area contributed by atoms with Crippen LogP contribution in [0.2, 0.25) is 0 Å².